The average molecular weight is 745 g/mol. The number of anilines is 1. The number of ketones is 1. The van der Waals surface area contributed by atoms with Gasteiger partial charge in [-0.25, -0.2) is 9.78 Å². The van der Waals surface area contributed by atoms with Crippen molar-refractivity contribution < 1.29 is 23.9 Å². The van der Waals surface area contributed by atoms with Crippen molar-refractivity contribution in [3.05, 3.63) is 94.0 Å². The number of benzene rings is 3. The summed E-state index contributed by atoms with van der Waals surface area (Å²) in [6.07, 6.45) is 1.19. The fraction of sp³-hybridized carbons (Fsp3) is 0.219. The van der Waals surface area contributed by atoms with Gasteiger partial charge in [0.2, 0.25) is 17.6 Å². The molecule has 4 unspecified atom stereocenters. The van der Waals surface area contributed by atoms with Gasteiger partial charge in [0.15, 0.2) is 6.61 Å². The van der Waals surface area contributed by atoms with E-state index in [2.05, 4.69) is 31.9 Å². The Labute approximate surface area is 273 Å². The molecule has 4 aromatic rings. The first-order valence-corrected chi connectivity index (χ1v) is 16.0. The number of nitrogens with zero attached hydrogens (tertiary/aromatic N) is 2. The van der Waals surface area contributed by atoms with Crippen LogP contribution >= 0.6 is 55.1 Å². The lowest BCUT2D eigenvalue weighted by molar-refractivity contribution is -0.122. The standard InChI is InChI=1S/C32H22Br2Cl2N2O5/c33-24-12-21-22(13-25(24)34)31(41)38(30(21)40)18-8-5-16(6-9-18)28-14-23(19-3-1-2-4-27(19)37-28)32(42)43-15-29(39)20-10-7-17(35)11-26(20)36/h1-11,14,21-22,24-25H,12-13,15H2. The summed E-state index contributed by atoms with van der Waals surface area (Å²) < 4.78 is 5.40. The first kappa shape index (κ1) is 29.9. The molecule has 1 aromatic heterocycles. The second kappa shape index (κ2) is 12.1. The molecule has 0 N–H and O–H groups in total. The quantitative estimate of drug-likeness (QED) is 0.0871. The molecule has 1 aliphatic heterocycles. The Balaban J connectivity index is 1.25. The number of rotatable bonds is 6. The molecule has 3 aromatic carbocycles. The lowest BCUT2D eigenvalue weighted by Gasteiger charge is -2.29. The maximum atomic E-state index is 13.2. The van der Waals surface area contributed by atoms with Crippen molar-refractivity contribution in [2.75, 3.05) is 11.5 Å². The van der Waals surface area contributed by atoms with E-state index in [1.54, 1.807) is 48.5 Å². The second-order valence-corrected chi connectivity index (χ2v) is 13.7. The highest BCUT2D eigenvalue weighted by Gasteiger charge is 2.52. The van der Waals surface area contributed by atoms with Gasteiger partial charge >= 0.3 is 5.97 Å². The first-order valence-electron chi connectivity index (χ1n) is 13.4. The summed E-state index contributed by atoms with van der Waals surface area (Å²) in [6, 6.07) is 20.1. The predicted octanol–water partition coefficient (Wildman–Crippen LogP) is 7.67. The predicted molar refractivity (Wildman–Crippen MR) is 172 cm³/mol. The number of para-hydroxylation sites is 1. The van der Waals surface area contributed by atoms with Crippen molar-refractivity contribution >= 4 is 95.2 Å². The summed E-state index contributed by atoms with van der Waals surface area (Å²) in [5.41, 5.74) is 2.65. The van der Waals surface area contributed by atoms with Crippen molar-refractivity contribution in [1.29, 1.82) is 0 Å². The smallest absolute Gasteiger partial charge is 0.339 e. The summed E-state index contributed by atoms with van der Waals surface area (Å²) in [5.74, 6) is -2.22. The molecule has 2 fully saturated rings. The topological polar surface area (TPSA) is 93.6 Å². The van der Waals surface area contributed by atoms with Gasteiger partial charge in [0.25, 0.3) is 0 Å². The van der Waals surface area contributed by atoms with Crippen LogP contribution in [0.3, 0.4) is 0 Å². The number of imide groups is 1. The number of pyridine rings is 1. The zero-order valence-corrected chi connectivity index (χ0v) is 27.0. The Bertz CT molecular complexity index is 1770. The van der Waals surface area contributed by atoms with Gasteiger partial charge < -0.3 is 4.74 Å². The Kier molecular flexibility index (Phi) is 8.43. The number of hydrogen-bond acceptors (Lipinski definition) is 6. The van der Waals surface area contributed by atoms with E-state index in [-0.39, 0.29) is 49.5 Å². The highest BCUT2D eigenvalue weighted by atomic mass is 79.9. The minimum atomic E-state index is -0.694. The molecule has 2 aliphatic rings. The van der Waals surface area contributed by atoms with E-state index in [9.17, 15) is 19.2 Å². The number of carbonyl (C=O) groups excluding carboxylic acids is 4. The molecule has 0 radical (unpaired) electrons. The second-order valence-electron chi connectivity index (χ2n) is 10.5. The van der Waals surface area contributed by atoms with Crippen molar-refractivity contribution in [1.82, 2.24) is 4.98 Å². The van der Waals surface area contributed by atoms with Crippen LogP contribution in [0, 0.1) is 11.8 Å². The summed E-state index contributed by atoms with van der Waals surface area (Å²) in [7, 11) is 0. The van der Waals surface area contributed by atoms with Crippen LogP contribution < -0.4 is 4.90 Å². The number of aromatic nitrogens is 1. The number of fused-ring (bicyclic) bond motifs is 2. The lowest BCUT2D eigenvalue weighted by atomic mass is 9.81. The number of esters is 1. The number of halogens is 4. The van der Waals surface area contributed by atoms with E-state index in [0.29, 0.717) is 45.7 Å². The van der Waals surface area contributed by atoms with E-state index < -0.39 is 18.4 Å². The minimum absolute atomic E-state index is 0.126. The average Bonchev–Trinajstić information content (AvgIpc) is 3.23. The molecule has 0 spiro atoms. The molecule has 6 rings (SSSR count). The molecule has 1 saturated carbocycles. The maximum Gasteiger partial charge on any atom is 0.339 e. The van der Waals surface area contributed by atoms with E-state index in [4.69, 9.17) is 32.9 Å². The Morgan fingerprint density at radius 2 is 1.51 bits per heavy atom. The van der Waals surface area contributed by atoms with Gasteiger partial charge in [-0.3, -0.25) is 19.3 Å². The summed E-state index contributed by atoms with van der Waals surface area (Å²) >= 11 is 19.3. The molecule has 7 nitrogen and oxygen atoms in total. The lowest BCUT2D eigenvalue weighted by Crippen LogP contribution is -2.34. The fourth-order valence-electron chi connectivity index (χ4n) is 5.63. The van der Waals surface area contributed by atoms with Crippen LogP contribution in [0.1, 0.15) is 33.6 Å². The molecule has 11 heteroatoms. The first-order chi connectivity index (χ1) is 20.6. The summed E-state index contributed by atoms with van der Waals surface area (Å²) in [4.78, 5) is 58.6. The highest BCUT2D eigenvalue weighted by molar-refractivity contribution is 9.12. The summed E-state index contributed by atoms with van der Waals surface area (Å²) in [5, 5.41) is 1.12. The van der Waals surface area contributed by atoms with Gasteiger partial charge in [0, 0.05) is 31.2 Å². The Morgan fingerprint density at radius 3 is 2.16 bits per heavy atom. The van der Waals surface area contributed by atoms with Gasteiger partial charge in [-0.2, -0.15) is 0 Å². The zero-order valence-electron chi connectivity index (χ0n) is 22.3. The van der Waals surface area contributed by atoms with Crippen LogP contribution in [0.5, 0.6) is 0 Å². The largest absolute Gasteiger partial charge is 0.454 e. The number of ether oxygens (including phenoxy) is 1. The number of hydrogen-bond donors (Lipinski definition) is 0. The van der Waals surface area contributed by atoms with E-state index >= 15 is 0 Å². The van der Waals surface area contributed by atoms with Gasteiger partial charge in [-0.1, -0.05) is 85.4 Å². The van der Waals surface area contributed by atoms with E-state index in [1.165, 1.54) is 23.1 Å². The third kappa shape index (κ3) is 5.76. The van der Waals surface area contributed by atoms with Crippen molar-refractivity contribution in [2.45, 2.75) is 22.5 Å². The van der Waals surface area contributed by atoms with Crippen LogP contribution in [0.2, 0.25) is 10.0 Å². The number of carbonyl (C=O) groups is 4. The third-order valence-corrected chi connectivity index (χ3v) is 11.1. The van der Waals surface area contributed by atoms with E-state index in [0.717, 1.165) is 0 Å². The number of Topliss-reactive ketones (excluding diaryl/α,β-unsaturated/α-hetero) is 1. The SMILES string of the molecule is O=C(COC(=O)c1cc(-c2ccc(N3C(=O)C4CC(Br)C(Br)CC4C3=O)cc2)nc2ccccc12)c1ccc(Cl)cc1Cl. The molecule has 1 aliphatic carbocycles. The zero-order chi connectivity index (χ0) is 30.4. The van der Waals surface area contributed by atoms with Gasteiger partial charge in [-0.15, -0.1) is 0 Å². The van der Waals surface area contributed by atoms with Crippen LogP contribution in [0.4, 0.5) is 5.69 Å². The van der Waals surface area contributed by atoms with Crippen LogP contribution in [0.25, 0.3) is 22.2 Å². The van der Waals surface area contributed by atoms with Crippen molar-refractivity contribution in [3.8, 4) is 11.3 Å². The molecular formula is C32H22Br2Cl2N2O5. The van der Waals surface area contributed by atoms with Crippen molar-refractivity contribution in [3.63, 3.8) is 0 Å². The third-order valence-electron chi connectivity index (χ3n) is 7.83. The highest BCUT2D eigenvalue weighted by Crippen LogP contribution is 2.44. The Hall–Kier alpha value is -3.11. The molecular weight excluding hydrogens is 723 g/mol. The molecule has 2 heterocycles. The maximum absolute atomic E-state index is 13.2. The van der Waals surface area contributed by atoms with Crippen LogP contribution in [0.15, 0.2) is 72.8 Å². The van der Waals surface area contributed by atoms with Gasteiger partial charge in [0.1, 0.15) is 0 Å². The molecule has 218 valence electrons. The normalized spacial score (nSPS) is 21.6. The number of alkyl halides is 2. The molecule has 4 atom stereocenters. The van der Waals surface area contributed by atoms with Gasteiger partial charge in [0.05, 0.1) is 39.3 Å². The molecule has 1 saturated heterocycles. The summed E-state index contributed by atoms with van der Waals surface area (Å²) in [6.45, 7) is -0.508. The van der Waals surface area contributed by atoms with Crippen LogP contribution in [-0.2, 0) is 14.3 Å². The fourth-order valence-corrected chi connectivity index (χ4v) is 7.38. The van der Waals surface area contributed by atoms with Crippen molar-refractivity contribution in [2.24, 2.45) is 11.8 Å². The molecule has 0 bridgehead atoms. The van der Waals surface area contributed by atoms with E-state index in [1.807, 2.05) is 6.07 Å². The monoisotopic (exact) mass is 742 g/mol. The van der Waals surface area contributed by atoms with Gasteiger partial charge in [-0.05, 0) is 55.3 Å². The Morgan fingerprint density at radius 1 is 0.860 bits per heavy atom. The molecule has 43 heavy (non-hydrogen) atoms. The molecule has 2 amide bonds. The van der Waals surface area contributed by atoms with Crippen LogP contribution in [-0.4, -0.2) is 44.8 Å². The minimum Gasteiger partial charge on any atom is -0.454 e. The number of amides is 2.